The summed E-state index contributed by atoms with van der Waals surface area (Å²) in [5.41, 5.74) is 1.75. The molecule has 1 rings (SSSR count). The molecule has 18 heavy (non-hydrogen) atoms. The third-order valence-electron chi connectivity index (χ3n) is 3.50. The van der Waals surface area contributed by atoms with Crippen LogP contribution in [-0.2, 0) is 4.79 Å². The molecule has 0 heterocycles. The minimum atomic E-state index is -0.894. The van der Waals surface area contributed by atoms with Crippen LogP contribution in [-0.4, -0.2) is 33.6 Å². The number of carboxylic acid groups (broad SMARTS) is 1. The van der Waals surface area contributed by atoms with Crippen molar-refractivity contribution in [1.82, 2.24) is 10.3 Å². The molecule has 0 aromatic rings. The molecule has 6 heteroatoms. The number of carbonyl (C=O) groups is 2. The minimum Gasteiger partial charge on any atom is -0.465 e. The van der Waals surface area contributed by atoms with Gasteiger partial charge in [0.25, 0.3) is 0 Å². The number of hydrogen-bond donors (Lipinski definition) is 3. The smallest absolute Gasteiger partial charge is 0.407 e. The van der Waals surface area contributed by atoms with Crippen molar-refractivity contribution in [3.8, 4) is 0 Å². The van der Waals surface area contributed by atoms with Crippen LogP contribution in [0.25, 0.3) is 0 Å². The summed E-state index contributed by atoms with van der Waals surface area (Å²) in [5.74, 6) is 4.88. The molecule has 1 aliphatic rings. The summed E-state index contributed by atoms with van der Waals surface area (Å²) in [5, 5.41) is 9.31. The van der Waals surface area contributed by atoms with Gasteiger partial charge in [0.1, 0.15) is 0 Å². The third-order valence-corrected chi connectivity index (χ3v) is 3.50. The highest BCUT2D eigenvalue weighted by Gasteiger charge is 2.36. The summed E-state index contributed by atoms with van der Waals surface area (Å²) >= 11 is 0. The Hall–Kier alpha value is -1.30. The molecule has 0 saturated heterocycles. The lowest BCUT2D eigenvalue weighted by molar-refractivity contribution is -0.126. The fourth-order valence-electron chi connectivity index (χ4n) is 2.70. The maximum absolute atomic E-state index is 11.4. The molecular formula is C12H23N3O3. The molecule has 0 aliphatic heterocycles. The average Bonchev–Trinajstić information content (AvgIpc) is 2.26. The van der Waals surface area contributed by atoms with Gasteiger partial charge >= 0.3 is 6.09 Å². The normalized spacial score (nSPS) is 24.4. The Kier molecular flexibility index (Phi) is 4.56. The number of amides is 2. The highest BCUT2D eigenvalue weighted by atomic mass is 16.4. The fraction of sp³-hybridized carbons (Fsp3) is 0.833. The van der Waals surface area contributed by atoms with Crippen molar-refractivity contribution in [1.29, 1.82) is 0 Å². The zero-order chi connectivity index (χ0) is 13.9. The van der Waals surface area contributed by atoms with E-state index in [1.54, 1.807) is 0 Å². The molecule has 0 aromatic carbocycles. The predicted molar refractivity (Wildman–Crippen MR) is 67.7 cm³/mol. The van der Waals surface area contributed by atoms with Gasteiger partial charge in [-0.15, -0.1) is 0 Å². The molecule has 1 fully saturated rings. The zero-order valence-corrected chi connectivity index (χ0v) is 11.3. The molecule has 1 saturated carbocycles. The second-order valence-corrected chi connectivity index (χ2v) is 5.84. The molecule has 0 unspecified atom stereocenters. The molecular weight excluding hydrogens is 234 g/mol. The van der Waals surface area contributed by atoms with Crippen LogP contribution in [0.15, 0.2) is 0 Å². The summed E-state index contributed by atoms with van der Waals surface area (Å²) in [6, 6.07) is -0.00988. The van der Waals surface area contributed by atoms with E-state index in [1.165, 1.54) is 4.90 Å². The van der Waals surface area contributed by atoms with Crippen molar-refractivity contribution in [2.24, 2.45) is 11.8 Å². The van der Waals surface area contributed by atoms with E-state index in [4.69, 9.17) is 5.84 Å². The second-order valence-electron chi connectivity index (χ2n) is 5.84. The van der Waals surface area contributed by atoms with Crippen LogP contribution < -0.4 is 11.3 Å². The number of hydrazine groups is 1. The molecule has 6 nitrogen and oxygen atoms in total. The van der Waals surface area contributed by atoms with Crippen molar-refractivity contribution in [3.05, 3.63) is 0 Å². The number of nitrogens with one attached hydrogen (secondary N) is 1. The first kappa shape index (κ1) is 14.8. The SMILES string of the molecule is CC(C)(C)N(C(=O)O)C1CCC(C(=O)NN)CC1. The van der Waals surface area contributed by atoms with Crippen LogP contribution in [0.3, 0.4) is 0 Å². The van der Waals surface area contributed by atoms with E-state index in [9.17, 15) is 14.7 Å². The monoisotopic (exact) mass is 257 g/mol. The van der Waals surface area contributed by atoms with Gasteiger partial charge in [-0.1, -0.05) is 0 Å². The second kappa shape index (κ2) is 5.56. The van der Waals surface area contributed by atoms with Crippen molar-refractivity contribution in [2.45, 2.75) is 58.0 Å². The Morgan fingerprint density at radius 2 is 1.72 bits per heavy atom. The highest BCUT2D eigenvalue weighted by molar-refractivity contribution is 5.78. The van der Waals surface area contributed by atoms with Gasteiger partial charge in [-0.05, 0) is 46.5 Å². The number of nitrogens with two attached hydrogens (primary N) is 1. The lowest BCUT2D eigenvalue weighted by Gasteiger charge is -2.42. The lowest BCUT2D eigenvalue weighted by atomic mass is 9.83. The van der Waals surface area contributed by atoms with Gasteiger partial charge < -0.3 is 10.0 Å². The van der Waals surface area contributed by atoms with E-state index in [0.29, 0.717) is 25.7 Å². The van der Waals surface area contributed by atoms with Crippen LogP contribution >= 0.6 is 0 Å². The van der Waals surface area contributed by atoms with E-state index < -0.39 is 11.6 Å². The van der Waals surface area contributed by atoms with E-state index in [2.05, 4.69) is 5.43 Å². The van der Waals surface area contributed by atoms with Crippen LogP contribution in [0.2, 0.25) is 0 Å². The van der Waals surface area contributed by atoms with Gasteiger partial charge in [0.15, 0.2) is 0 Å². The Labute approximate surface area is 107 Å². The quantitative estimate of drug-likeness (QED) is 0.395. The van der Waals surface area contributed by atoms with Crippen LogP contribution in [0, 0.1) is 5.92 Å². The molecule has 0 bridgehead atoms. The average molecular weight is 257 g/mol. The predicted octanol–water partition coefficient (Wildman–Crippen LogP) is 1.31. The zero-order valence-electron chi connectivity index (χ0n) is 11.3. The molecule has 0 aromatic heterocycles. The molecule has 1 aliphatic carbocycles. The first-order chi connectivity index (χ1) is 8.27. The van der Waals surface area contributed by atoms with Crippen LogP contribution in [0.5, 0.6) is 0 Å². The molecule has 0 spiro atoms. The number of hydrogen-bond acceptors (Lipinski definition) is 3. The van der Waals surface area contributed by atoms with E-state index in [1.807, 2.05) is 20.8 Å². The van der Waals surface area contributed by atoms with E-state index in [0.717, 1.165) is 0 Å². The summed E-state index contributed by atoms with van der Waals surface area (Å²) in [6.45, 7) is 5.67. The van der Waals surface area contributed by atoms with Gasteiger partial charge in [-0.25, -0.2) is 10.6 Å². The summed E-state index contributed by atoms with van der Waals surface area (Å²) < 4.78 is 0. The largest absolute Gasteiger partial charge is 0.465 e. The van der Waals surface area contributed by atoms with Crippen molar-refractivity contribution in [2.75, 3.05) is 0 Å². The van der Waals surface area contributed by atoms with Gasteiger partial charge in [0, 0.05) is 17.5 Å². The van der Waals surface area contributed by atoms with Crippen LogP contribution in [0.4, 0.5) is 4.79 Å². The number of nitrogens with zero attached hydrogens (tertiary/aromatic N) is 1. The molecule has 0 atom stereocenters. The van der Waals surface area contributed by atoms with E-state index >= 15 is 0 Å². The fourth-order valence-corrected chi connectivity index (χ4v) is 2.70. The first-order valence-electron chi connectivity index (χ1n) is 6.30. The maximum atomic E-state index is 11.4. The Morgan fingerprint density at radius 1 is 1.22 bits per heavy atom. The highest BCUT2D eigenvalue weighted by Crippen LogP contribution is 2.31. The Bertz CT molecular complexity index is 317. The third kappa shape index (κ3) is 3.35. The summed E-state index contributed by atoms with van der Waals surface area (Å²) in [7, 11) is 0. The molecule has 2 amide bonds. The standard InChI is InChI=1S/C12H23N3O3/c1-12(2,3)15(11(17)18)9-6-4-8(5-7-9)10(16)14-13/h8-9H,4-7,13H2,1-3H3,(H,14,16)(H,17,18). The first-order valence-corrected chi connectivity index (χ1v) is 6.30. The Morgan fingerprint density at radius 3 is 2.06 bits per heavy atom. The van der Waals surface area contributed by atoms with Gasteiger partial charge in [0.05, 0.1) is 0 Å². The van der Waals surface area contributed by atoms with Crippen LogP contribution in [0.1, 0.15) is 46.5 Å². The van der Waals surface area contributed by atoms with Gasteiger partial charge in [-0.3, -0.25) is 10.2 Å². The van der Waals surface area contributed by atoms with Gasteiger partial charge in [0.2, 0.25) is 5.91 Å². The maximum Gasteiger partial charge on any atom is 0.407 e. The minimum absolute atomic E-state index is 0.00988. The number of carbonyl (C=O) groups excluding carboxylic acids is 1. The van der Waals surface area contributed by atoms with Crippen molar-refractivity contribution < 1.29 is 14.7 Å². The van der Waals surface area contributed by atoms with Crippen molar-refractivity contribution in [3.63, 3.8) is 0 Å². The lowest BCUT2D eigenvalue weighted by Crippen LogP contribution is -2.52. The van der Waals surface area contributed by atoms with Crippen molar-refractivity contribution >= 4 is 12.0 Å². The van der Waals surface area contributed by atoms with Gasteiger partial charge in [-0.2, -0.15) is 0 Å². The summed E-state index contributed by atoms with van der Waals surface area (Å²) in [6.07, 6.45) is 1.90. The number of rotatable bonds is 2. The van der Waals surface area contributed by atoms with E-state index in [-0.39, 0.29) is 17.9 Å². The Balaban J connectivity index is 2.66. The molecule has 4 N–H and O–H groups in total. The molecule has 104 valence electrons. The molecule has 0 radical (unpaired) electrons. The summed E-state index contributed by atoms with van der Waals surface area (Å²) in [4.78, 5) is 24.3. The topological polar surface area (TPSA) is 95.7 Å².